The number of halogens is 3. The van der Waals surface area contributed by atoms with Crippen molar-refractivity contribution in [1.82, 2.24) is 9.38 Å². The van der Waals surface area contributed by atoms with Crippen LogP contribution >= 0.6 is 0 Å². The maximum atomic E-state index is 13.0. The van der Waals surface area contributed by atoms with E-state index in [0.717, 1.165) is 23.4 Å². The van der Waals surface area contributed by atoms with Gasteiger partial charge >= 0.3 is 6.18 Å². The van der Waals surface area contributed by atoms with Gasteiger partial charge < -0.3 is 5.32 Å². The fraction of sp³-hybridized carbons (Fsp3) is 0.222. The Morgan fingerprint density at radius 2 is 1.84 bits per heavy atom. The minimum atomic E-state index is -4.49. The van der Waals surface area contributed by atoms with Crippen molar-refractivity contribution in [3.63, 3.8) is 0 Å². The first-order valence-corrected chi connectivity index (χ1v) is 7.62. The molecule has 0 aliphatic carbocycles. The maximum Gasteiger partial charge on any atom is 0.417 e. The van der Waals surface area contributed by atoms with Crippen molar-refractivity contribution >= 4 is 17.2 Å². The number of nitrogens with one attached hydrogen (secondary N) is 1. The minimum absolute atomic E-state index is 0.0852. The first-order chi connectivity index (χ1) is 11.7. The summed E-state index contributed by atoms with van der Waals surface area (Å²) < 4.78 is 40.1. The summed E-state index contributed by atoms with van der Waals surface area (Å²) in [6.45, 7) is 5.38. The molecule has 7 heteroatoms. The molecule has 1 amide bonds. The number of fused-ring (bicyclic) bond motifs is 1. The lowest BCUT2D eigenvalue weighted by Crippen LogP contribution is -2.17. The normalized spacial score (nSPS) is 11.8. The van der Waals surface area contributed by atoms with Crippen LogP contribution in [0.4, 0.5) is 18.9 Å². The van der Waals surface area contributed by atoms with Crippen LogP contribution in [0, 0.1) is 20.8 Å². The molecule has 0 unspecified atom stereocenters. The van der Waals surface area contributed by atoms with Crippen molar-refractivity contribution in [3.05, 3.63) is 64.6 Å². The predicted octanol–water partition coefficient (Wildman–Crippen LogP) is 4.53. The van der Waals surface area contributed by atoms with Gasteiger partial charge in [0.2, 0.25) is 0 Å². The van der Waals surface area contributed by atoms with E-state index in [-0.39, 0.29) is 11.3 Å². The molecule has 0 radical (unpaired) electrons. The van der Waals surface area contributed by atoms with Crippen LogP contribution in [-0.4, -0.2) is 15.3 Å². The lowest BCUT2D eigenvalue weighted by Gasteiger charge is -2.11. The molecule has 25 heavy (non-hydrogen) atoms. The molecule has 0 saturated heterocycles. The van der Waals surface area contributed by atoms with E-state index in [1.165, 1.54) is 10.5 Å². The number of alkyl halides is 3. The summed E-state index contributed by atoms with van der Waals surface area (Å²) in [7, 11) is 0. The molecule has 130 valence electrons. The number of carbonyl (C=O) groups is 1. The number of carbonyl (C=O) groups excluding carboxylic acids is 1. The van der Waals surface area contributed by atoms with Crippen LogP contribution in [0.15, 0.2) is 36.5 Å². The number of hydrogen-bond acceptors (Lipinski definition) is 2. The van der Waals surface area contributed by atoms with E-state index >= 15 is 0 Å². The van der Waals surface area contributed by atoms with E-state index < -0.39 is 17.6 Å². The van der Waals surface area contributed by atoms with E-state index in [1.807, 2.05) is 19.9 Å². The Hall–Kier alpha value is -2.83. The number of nitrogens with zero attached hydrogens (tertiary/aromatic N) is 2. The van der Waals surface area contributed by atoms with Crippen molar-refractivity contribution in [2.24, 2.45) is 0 Å². The Balaban J connectivity index is 2.06. The molecule has 3 aromatic rings. The smallest absolute Gasteiger partial charge is 0.320 e. The molecule has 2 heterocycles. The summed E-state index contributed by atoms with van der Waals surface area (Å²) in [5, 5.41) is 2.76. The zero-order valence-electron chi connectivity index (χ0n) is 13.9. The van der Waals surface area contributed by atoms with Gasteiger partial charge in [-0.05, 0) is 50.1 Å². The molecule has 2 aromatic heterocycles. The Labute approximate surface area is 142 Å². The van der Waals surface area contributed by atoms with E-state index in [0.29, 0.717) is 11.4 Å². The van der Waals surface area contributed by atoms with E-state index in [9.17, 15) is 18.0 Å². The van der Waals surface area contributed by atoms with Gasteiger partial charge in [0, 0.05) is 11.9 Å². The van der Waals surface area contributed by atoms with Crippen LogP contribution < -0.4 is 5.32 Å². The van der Waals surface area contributed by atoms with Gasteiger partial charge in [-0.25, -0.2) is 4.98 Å². The van der Waals surface area contributed by atoms with Crippen LogP contribution in [0.1, 0.15) is 32.9 Å². The van der Waals surface area contributed by atoms with Crippen LogP contribution in [0.5, 0.6) is 0 Å². The number of rotatable bonds is 2. The Kier molecular flexibility index (Phi) is 4.02. The molecule has 3 rings (SSSR count). The molecule has 0 aliphatic rings. The average Bonchev–Trinajstić information content (AvgIpc) is 2.85. The zero-order valence-corrected chi connectivity index (χ0v) is 13.9. The standard InChI is InChI=1S/C18H16F3N3O/c1-10-5-4-6-14(11(10)2)23-17(25)16-12(3)22-15-8-7-13(9-24(15)16)18(19,20)21/h4-9H,1-3H3,(H,23,25). The number of aromatic nitrogens is 2. The minimum Gasteiger partial charge on any atom is -0.320 e. The van der Waals surface area contributed by atoms with Gasteiger partial charge in [-0.1, -0.05) is 12.1 Å². The van der Waals surface area contributed by atoms with E-state index in [4.69, 9.17) is 0 Å². The third-order valence-electron chi connectivity index (χ3n) is 4.19. The number of imidazole rings is 1. The van der Waals surface area contributed by atoms with Crippen LogP contribution in [0.25, 0.3) is 5.65 Å². The highest BCUT2D eigenvalue weighted by atomic mass is 19.4. The van der Waals surface area contributed by atoms with Crippen molar-refractivity contribution in [2.75, 3.05) is 5.32 Å². The molecule has 4 nitrogen and oxygen atoms in total. The molecule has 1 N–H and O–H groups in total. The summed E-state index contributed by atoms with van der Waals surface area (Å²) >= 11 is 0. The van der Waals surface area contributed by atoms with Gasteiger partial charge in [0.1, 0.15) is 11.3 Å². The van der Waals surface area contributed by atoms with Crippen molar-refractivity contribution in [3.8, 4) is 0 Å². The van der Waals surface area contributed by atoms with Crippen LogP contribution in [0.3, 0.4) is 0 Å². The second kappa shape index (κ2) is 5.91. The van der Waals surface area contributed by atoms with Gasteiger partial charge in [0.25, 0.3) is 5.91 Å². The number of amides is 1. The van der Waals surface area contributed by atoms with Gasteiger partial charge in [-0.15, -0.1) is 0 Å². The third-order valence-corrected chi connectivity index (χ3v) is 4.19. The first-order valence-electron chi connectivity index (χ1n) is 7.62. The molecular weight excluding hydrogens is 331 g/mol. The fourth-order valence-electron chi connectivity index (χ4n) is 2.67. The first kappa shape index (κ1) is 17.0. The van der Waals surface area contributed by atoms with E-state index in [1.54, 1.807) is 19.1 Å². The maximum absolute atomic E-state index is 13.0. The van der Waals surface area contributed by atoms with Gasteiger partial charge in [-0.2, -0.15) is 13.2 Å². The number of anilines is 1. The number of hydrogen-bond donors (Lipinski definition) is 1. The number of aryl methyl sites for hydroxylation is 2. The Morgan fingerprint density at radius 1 is 1.12 bits per heavy atom. The predicted molar refractivity (Wildman–Crippen MR) is 88.8 cm³/mol. The molecule has 0 fully saturated rings. The van der Waals surface area contributed by atoms with Gasteiger partial charge in [-0.3, -0.25) is 9.20 Å². The van der Waals surface area contributed by atoms with Crippen molar-refractivity contribution in [1.29, 1.82) is 0 Å². The largest absolute Gasteiger partial charge is 0.417 e. The SMILES string of the molecule is Cc1cccc(NC(=O)c2c(C)nc3ccc(C(F)(F)F)cn23)c1C. The number of benzene rings is 1. The third kappa shape index (κ3) is 3.09. The average molecular weight is 347 g/mol. The molecular formula is C18H16F3N3O. The summed E-state index contributed by atoms with van der Waals surface area (Å²) in [4.78, 5) is 16.9. The summed E-state index contributed by atoms with van der Waals surface area (Å²) in [5.41, 5.74) is 2.43. The molecule has 0 bridgehead atoms. The summed E-state index contributed by atoms with van der Waals surface area (Å²) in [6.07, 6.45) is -3.60. The van der Waals surface area contributed by atoms with Crippen LogP contribution in [-0.2, 0) is 6.18 Å². The molecule has 0 aliphatic heterocycles. The topological polar surface area (TPSA) is 46.4 Å². The number of pyridine rings is 1. The van der Waals surface area contributed by atoms with Crippen molar-refractivity contribution < 1.29 is 18.0 Å². The summed E-state index contributed by atoms with van der Waals surface area (Å²) in [6, 6.07) is 7.68. The molecule has 0 atom stereocenters. The Morgan fingerprint density at radius 3 is 2.52 bits per heavy atom. The fourth-order valence-corrected chi connectivity index (χ4v) is 2.67. The van der Waals surface area contributed by atoms with Crippen molar-refractivity contribution in [2.45, 2.75) is 26.9 Å². The quantitative estimate of drug-likeness (QED) is 0.740. The second-order valence-electron chi connectivity index (χ2n) is 5.89. The highest BCUT2D eigenvalue weighted by Crippen LogP contribution is 2.30. The molecule has 0 saturated carbocycles. The monoisotopic (exact) mass is 347 g/mol. The Bertz CT molecular complexity index is 974. The second-order valence-corrected chi connectivity index (χ2v) is 5.89. The molecule has 0 spiro atoms. The van der Waals surface area contributed by atoms with Gasteiger partial charge in [0.15, 0.2) is 0 Å². The van der Waals surface area contributed by atoms with Gasteiger partial charge in [0.05, 0.1) is 11.3 Å². The zero-order chi connectivity index (χ0) is 18.4. The van der Waals surface area contributed by atoms with E-state index in [2.05, 4.69) is 10.3 Å². The van der Waals surface area contributed by atoms with Crippen LogP contribution in [0.2, 0.25) is 0 Å². The highest BCUT2D eigenvalue weighted by molar-refractivity contribution is 6.04. The lowest BCUT2D eigenvalue weighted by molar-refractivity contribution is -0.137. The lowest BCUT2D eigenvalue weighted by atomic mass is 10.1. The highest BCUT2D eigenvalue weighted by Gasteiger charge is 2.31. The summed E-state index contributed by atoms with van der Waals surface area (Å²) in [5.74, 6) is -0.502. The molecule has 1 aromatic carbocycles.